The van der Waals surface area contributed by atoms with Crippen molar-refractivity contribution in [2.75, 3.05) is 6.61 Å². The molecule has 0 fully saturated rings. The van der Waals surface area contributed by atoms with Crippen LogP contribution >= 0.6 is 0 Å². The minimum atomic E-state index is -0.0988. The van der Waals surface area contributed by atoms with E-state index in [4.69, 9.17) is 4.74 Å². The lowest BCUT2D eigenvalue weighted by Gasteiger charge is -2.18. The van der Waals surface area contributed by atoms with Gasteiger partial charge in [-0.25, -0.2) is 0 Å². The van der Waals surface area contributed by atoms with Crippen molar-refractivity contribution in [3.05, 3.63) is 64.7 Å². The molecule has 0 bridgehead atoms. The lowest BCUT2D eigenvalue weighted by molar-refractivity contribution is -0.123. The summed E-state index contributed by atoms with van der Waals surface area (Å²) < 4.78 is 5.67. The Hall–Kier alpha value is -2.29. The summed E-state index contributed by atoms with van der Waals surface area (Å²) >= 11 is 0. The van der Waals surface area contributed by atoms with Gasteiger partial charge in [-0.1, -0.05) is 48.9 Å². The number of carbonyl (C=O) groups is 1. The van der Waals surface area contributed by atoms with Gasteiger partial charge in [-0.15, -0.1) is 0 Å². The van der Waals surface area contributed by atoms with Gasteiger partial charge in [0.05, 0.1) is 6.04 Å². The fourth-order valence-electron chi connectivity index (χ4n) is 2.48. The van der Waals surface area contributed by atoms with Crippen molar-refractivity contribution in [3.8, 4) is 5.75 Å². The number of hydrogen-bond acceptors (Lipinski definition) is 2. The Balaban J connectivity index is 1.95. The number of benzene rings is 2. The summed E-state index contributed by atoms with van der Waals surface area (Å²) in [5.74, 6) is 0.668. The van der Waals surface area contributed by atoms with E-state index in [0.717, 1.165) is 28.9 Å². The minimum absolute atomic E-state index is 0.0188. The summed E-state index contributed by atoms with van der Waals surface area (Å²) in [6, 6.07) is 14.2. The Kier molecular flexibility index (Phi) is 5.80. The molecule has 23 heavy (non-hydrogen) atoms. The van der Waals surface area contributed by atoms with Crippen molar-refractivity contribution in [1.82, 2.24) is 5.32 Å². The summed E-state index contributed by atoms with van der Waals surface area (Å²) in [6.07, 6.45) is 0.846. The van der Waals surface area contributed by atoms with Crippen molar-refractivity contribution in [2.24, 2.45) is 0 Å². The zero-order valence-corrected chi connectivity index (χ0v) is 14.3. The fourth-order valence-corrected chi connectivity index (χ4v) is 2.48. The highest BCUT2D eigenvalue weighted by Crippen LogP contribution is 2.21. The van der Waals surface area contributed by atoms with Crippen molar-refractivity contribution in [2.45, 2.75) is 40.2 Å². The standard InChI is InChI=1S/C20H25NO2/c1-5-18(17-11-9-14(2)10-12-17)21-20(22)13-23-19-8-6-7-15(3)16(19)4/h6-12,18H,5,13H2,1-4H3,(H,21,22). The molecule has 2 rings (SSSR count). The lowest BCUT2D eigenvalue weighted by atomic mass is 10.0. The van der Waals surface area contributed by atoms with Crippen LogP contribution in [0.3, 0.4) is 0 Å². The SMILES string of the molecule is CCC(NC(=O)COc1cccc(C)c1C)c1ccc(C)cc1. The van der Waals surface area contributed by atoms with Gasteiger partial charge >= 0.3 is 0 Å². The molecule has 122 valence electrons. The number of nitrogens with one attached hydrogen (secondary N) is 1. The van der Waals surface area contributed by atoms with Crippen LogP contribution in [0.25, 0.3) is 0 Å². The van der Waals surface area contributed by atoms with Crippen molar-refractivity contribution >= 4 is 5.91 Å². The number of ether oxygens (including phenoxy) is 1. The molecule has 0 aromatic heterocycles. The molecule has 2 aromatic carbocycles. The Labute approximate surface area is 138 Å². The summed E-state index contributed by atoms with van der Waals surface area (Å²) in [5, 5.41) is 3.04. The Morgan fingerprint density at radius 1 is 1.09 bits per heavy atom. The first kappa shape index (κ1) is 17.1. The van der Waals surface area contributed by atoms with E-state index in [-0.39, 0.29) is 18.6 Å². The number of aryl methyl sites for hydroxylation is 2. The maximum Gasteiger partial charge on any atom is 0.258 e. The molecular formula is C20H25NO2. The first-order valence-electron chi connectivity index (χ1n) is 8.06. The van der Waals surface area contributed by atoms with E-state index >= 15 is 0 Å². The van der Waals surface area contributed by atoms with Gasteiger partial charge < -0.3 is 10.1 Å². The topological polar surface area (TPSA) is 38.3 Å². The second-order valence-corrected chi connectivity index (χ2v) is 5.93. The third-order valence-electron chi connectivity index (χ3n) is 4.14. The predicted molar refractivity (Wildman–Crippen MR) is 93.8 cm³/mol. The average molecular weight is 311 g/mol. The summed E-state index contributed by atoms with van der Waals surface area (Å²) in [6.45, 7) is 8.20. The van der Waals surface area contributed by atoms with Crippen LogP contribution < -0.4 is 10.1 Å². The van der Waals surface area contributed by atoms with Crippen LogP contribution in [-0.2, 0) is 4.79 Å². The Morgan fingerprint density at radius 3 is 2.43 bits per heavy atom. The number of rotatable bonds is 6. The van der Waals surface area contributed by atoms with E-state index in [2.05, 4.69) is 43.4 Å². The average Bonchev–Trinajstić information content (AvgIpc) is 2.55. The van der Waals surface area contributed by atoms with E-state index in [9.17, 15) is 4.79 Å². The largest absolute Gasteiger partial charge is 0.483 e. The van der Waals surface area contributed by atoms with Crippen molar-refractivity contribution < 1.29 is 9.53 Å². The first-order chi connectivity index (χ1) is 11.0. The normalized spacial score (nSPS) is 11.8. The smallest absolute Gasteiger partial charge is 0.258 e. The van der Waals surface area contributed by atoms with Gasteiger partial charge in [-0.05, 0) is 49.9 Å². The third kappa shape index (κ3) is 4.59. The zero-order chi connectivity index (χ0) is 16.8. The molecule has 1 unspecified atom stereocenters. The molecule has 3 heteroatoms. The van der Waals surface area contributed by atoms with Crippen LogP contribution in [0.4, 0.5) is 0 Å². The molecule has 0 aliphatic carbocycles. The quantitative estimate of drug-likeness (QED) is 0.865. The molecule has 1 N–H and O–H groups in total. The number of hydrogen-bond donors (Lipinski definition) is 1. The monoisotopic (exact) mass is 311 g/mol. The molecule has 1 atom stereocenters. The highest BCUT2D eigenvalue weighted by molar-refractivity contribution is 5.78. The van der Waals surface area contributed by atoms with Crippen LogP contribution in [0.2, 0.25) is 0 Å². The third-order valence-corrected chi connectivity index (χ3v) is 4.14. The van der Waals surface area contributed by atoms with Crippen LogP contribution in [0.1, 0.15) is 41.6 Å². The molecule has 0 heterocycles. The van der Waals surface area contributed by atoms with Gasteiger partial charge in [0.15, 0.2) is 6.61 Å². The second kappa shape index (κ2) is 7.82. The Bertz CT molecular complexity index is 662. The molecule has 0 aliphatic rings. The number of carbonyl (C=O) groups excluding carboxylic acids is 1. The summed E-state index contributed by atoms with van der Waals surface area (Å²) in [7, 11) is 0. The van der Waals surface area contributed by atoms with Crippen molar-refractivity contribution in [1.29, 1.82) is 0 Å². The molecule has 0 spiro atoms. The summed E-state index contributed by atoms with van der Waals surface area (Å²) in [5.41, 5.74) is 4.58. The van der Waals surface area contributed by atoms with E-state index in [1.165, 1.54) is 5.56 Å². The van der Waals surface area contributed by atoms with Gasteiger partial charge in [0.2, 0.25) is 0 Å². The maximum absolute atomic E-state index is 12.2. The van der Waals surface area contributed by atoms with Gasteiger partial charge in [-0.2, -0.15) is 0 Å². The molecule has 1 amide bonds. The molecule has 0 saturated heterocycles. The molecule has 3 nitrogen and oxygen atoms in total. The predicted octanol–water partition coefficient (Wildman–Crippen LogP) is 4.26. The van der Waals surface area contributed by atoms with Crippen LogP contribution in [0, 0.1) is 20.8 Å². The van der Waals surface area contributed by atoms with Crippen LogP contribution in [0.5, 0.6) is 5.75 Å². The Morgan fingerprint density at radius 2 is 1.78 bits per heavy atom. The second-order valence-electron chi connectivity index (χ2n) is 5.93. The van der Waals surface area contributed by atoms with E-state index < -0.39 is 0 Å². The van der Waals surface area contributed by atoms with Gasteiger partial charge in [0, 0.05) is 0 Å². The molecule has 0 aliphatic heterocycles. The van der Waals surface area contributed by atoms with Gasteiger partial charge in [0.25, 0.3) is 5.91 Å². The molecule has 2 aromatic rings. The van der Waals surface area contributed by atoms with Crippen LogP contribution in [-0.4, -0.2) is 12.5 Å². The fraction of sp³-hybridized carbons (Fsp3) is 0.350. The van der Waals surface area contributed by atoms with Gasteiger partial charge in [-0.3, -0.25) is 4.79 Å². The molecular weight excluding hydrogens is 286 g/mol. The maximum atomic E-state index is 12.2. The van der Waals surface area contributed by atoms with E-state index in [1.807, 2.05) is 32.0 Å². The first-order valence-corrected chi connectivity index (χ1v) is 8.06. The molecule has 0 saturated carbocycles. The minimum Gasteiger partial charge on any atom is -0.483 e. The van der Waals surface area contributed by atoms with E-state index in [1.54, 1.807) is 0 Å². The van der Waals surface area contributed by atoms with Crippen LogP contribution in [0.15, 0.2) is 42.5 Å². The lowest BCUT2D eigenvalue weighted by Crippen LogP contribution is -2.32. The van der Waals surface area contributed by atoms with Gasteiger partial charge in [0.1, 0.15) is 5.75 Å². The summed E-state index contributed by atoms with van der Waals surface area (Å²) in [4.78, 5) is 12.2. The zero-order valence-electron chi connectivity index (χ0n) is 14.3. The number of amides is 1. The highest BCUT2D eigenvalue weighted by atomic mass is 16.5. The molecule has 0 radical (unpaired) electrons. The van der Waals surface area contributed by atoms with E-state index in [0.29, 0.717) is 0 Å². The van der Waals surface area contributed by atoms with Crippen molar-refractivity contribution in [3.63, 3.8) is 0 Å². The highest BCUT2D eigenvalue weighted by Gasteiger charge is 2.13.